The Labute approximate surface area is 116 Å². The van der Waals surface area contributed by atoms with E-state index in [4.69, 9.17) is 0 Å². The largest absolute Gasteiger partial charge is 0.340 e. The molecule has 0 aliphatic carbocycles. The maximum Gasteiger partial charge on any atom is 0.139 e. The van der Waals surface area contributed by atoms with E-state index in [2.05, 4.69) is 22.2 Å². The van der Waals surface area contributed by atoms with Crippen LogP contribution in [0.3, 0.4) is 0 Å². The van der Waals surface area contributed by atoms with E-state index in [1.807, 2.05) is 54.3 Å². The van der Waals surface area contributed by atoms with Crippen LogP contribution < -0.4 is 5.32 Å². The number of hydrogen-bond acceptors (Lipinski definition) is 4. The zero-order chi connectivity index (χ0) is 13.1. The molecule has 1 N–H and O–H groups in total. The molecule has 0 amide bonds. The lowest BCUT2D eigenvalue weighted by molar-refractivity contribution is 1.27. The molecule has 2 aromatic heterocycles. The van der Waals surface area contributed by atoms with Gasteiger partial charge in [0.05, 0.1) is 10.4 Å². The molecule has 0 saturated heterocycles. The van der Waals surface area contributed by atoms with E-state index in [9.17, 15) is 0 Å². The fraction of sp³-hybridized carbons (Fsp3) is 0.0667. The van der Waals surface area contributed by atoms with Gasteiger partial charge >= 0.3 is 0 Å². The van der Waals surface area contributed by atoms with Gasteiger partial charge in [0, 0.05) is 23.6 Å². The zero-order valence-corrected chi connectivity index (χ0v) is 11.3. The van der Waals surface area contributed by atoms with Crippen LogP contribution in [-0.2, 0) is 0 Å². The normalized spacial score (nSPS) is 10.4. The van der Waals surface area contributed by atoms with Crippen molar-refractivity contribution in [2.75, 3.05) is 5.32 Å². The van der Waals surface area contributed by atoms with Gasteiger partial charge < -0.3 is 5.32 Å². The van der Waals surface area contributed by atoms with Crippen molar-refractivity contribution >= 4 is 22.8 Å². The number of rotatable bonds is 3. The van der Waals surface area contributed by atoms with Crippen molar-refractivity contribution in [1.82, 2.24) is 9.97 Å². The zero-order valence-electron chi connectivity index (χ0n) is 10.5. The molecule has 0 bridgehead atoms. The molecular formula is C15H13N3S. The number of para-hydroxylation sites is 1. The van der Waals surface area contributed by atoms with Crippen LogP contribution in [-0.4, -0.2) is 9.97 Å². The second kappa shape index (κ2) is 5.20. The lowest BCUT2D eigenvalue weighted by Crippen LogP contribution is -1.97. The van der Waals surface area contributed by atoms with Crippen LogP contribution in [0.4, 0.5) is 11.5 Å². The van der Waals surface area contributed by atoms with E-state index in [-0.39, 0.29) is 0 Å². The average Bonchev–Trinajstić information content (AvgIpc) is 2.94. The van der Waals surface area contributed by atoms with Gasteiger partial charge in [0.25, 0.3) is 0 Å². The van der Waals surface area contributed by atoms with Crippen LogP contribution in [0.2, 0.25) is 0 Å². The smallest absolute Gasteiger partial charge is 0.139 e. The molecule has 0 fully saturated rings. The molecule has 4 heteroatoms. The monoisotopic (exact) mass is 267 g/mol. The van der Waals surface area contributed by atoms with Crippen LogP contribution in [0.1, 0.15) is 5.56 Å². The Kier molecular flexibility index (Phi) is 3.25. The van der Waals surface area contributed by atoms with Crippen LogP contribution in [0.5, 0.6) is 0 Å². The minimum atomic E-state index is 0.871. The molecule has 94 valence electrons. The van der Waals surface area contributed by atoms with Gasteiger partial charge in [-0.15, -0.1) is 11.3 Å². The summed E-state index contributed by atoms with van der Waals surface area (Å²) in [7, 11) is 0. The number of pyridine rings is 1. The Morgan fingerprint density at radius 2 is 1.95 bits per heavy atom. The summed E-state index contributed by atoms with van der Waals surface area (Å²) in [5, 5.41) is 3.37. The summed E-state index contributed by atoms with van der Waals surface area (Å²) in [5.41, 5.74) is 5.19. The van der Waals surface area contributed by atoms with Crippen molar-refractivity contribution < 1.29 is 0 Å². The van der Waals surface area contributed by atoms with Gasteiger partial charge in [0.15, 0.2) is 0 Å². The number of thiazole rings is 1. The Morgan fingerprint density at radius 3 is 2.68 bits per heavy atom. The first kappa shape index (κ1) is 11.9. The summed E-state index contributed by atoms with van der Waals surface area (Å²) in [4.78, 5) is 9.74. The number of nitrogens with zero attached hydrogens (tertiary/aromatic N) is 2. The first-order valence-corrected chi connectivity index (χ1v) is 6.89. The van der Waals surface area contributed by atoms with Gasteiger partial charge in [0.2, 0.25) is 0 Å². The SMILES string of the molecule is Cc1ccnc(Nc2ccccc2)c1-c1cncs1. The van der Waals surface area contributed by atoms with Crippen molar-refractivity contribution in [3.63, 3.8) is 0 Å². The highest BCUT2D eigenvalue weighted by Crippen LogP contribution is 2.33. The molecule has 3 aromatic rings. The number of aryl methyl sites for hydroxylation is 1. The second-order valence-electron chi connectivity index (χ2n) is 4.21. The summed E-state index contributed by atoms with van der Waals surface area (Å²) >= 11 is 1.62. The predicted octanol–water partition coefficient (Wildman–Crippen LogP) is 4.26. The van der Waals surface area contributed by atoms with Crippen molar-refractivity contribution in [2.24, 2.45) is 0 Å². The van der Waals surface area contributed by atoms with E-state index < -0.39 is 0 Å². The standard InChI is InChI=1S/C15H13N3S/c1-11-7-8-17-15(14(11)13-9-16-10-19-13)18-12-5-3-2-4-6-12/h2-10H,1H3,(H,17,18). The van der Waals surface area contributed by atoms with E-state index in [1.165, 1.54) is 5.56 Å². The molecule has 0 radical (unpaired) electrons. The predicted molar refractivity (Wildman–Crippen MR) is 79.8 cm³/mol. The summed E-state index contributed by atoms with van der Waals surface area (Å²) in [6.45, 7) is 2.09. The molecule has 3 rings (SSSR count). The summed E-state index contributed by atoms with van der Waals surface area (Å²) in [6.07, 6.45) is 3.70. The lowest BCUT2D eigenvalue weighted by Gasteiger charge is -2.11. The lowest BCUT2D eigenvalue weighted by atomic mass is 10.1. The Hall–Kier alpha value is -2.20. The third kappa shape index (κ3) is 2.48. The number of hydrogen-bond donors (Lipinski definition) is 1. The molecule has 3 nitrogen and oxygen atoms in total. The average molecular weight is 267 g/mol. The maximum absolute atomic E-state index is 4.46. The summed E-state index contributed by atoms with van der Waals surface area (Å²) in [5.74, 6) is 0.871. The minimum absolute atomic E-state index is 0.871. The minimum Gasteiger partial charge on any atom is -0.340 e. The van der Waals surface area contributed by atoms with Gasteiger partial charge in [0.1, 0.15) is 5.82 Å². The molecule has 0 saturated carbocycles. The molecule has 0 aliphatic rings. The van der Waals surface area contributed by atoms with Gasteiger partial charge in [-0.2, -0.15) is 0 Å². The molecule has 1 aromatic carbocycles. The summed E-state index contributed by atoms with van der Waals surface area (Å²) < 4.78 is 0. The number of aromatic nitrogens is 2. The van der Waals surface area contributed by atoms with Gasteiger partial charge in [-0.25, -0.2) is 4.98 Å². The van der Waals surface area contributed by atoms with Crippen molar-refractivity contribution in [1.29, 1.82) is 0 Å². The van der Waals surface area contributed by atoms with Gasteiger partial charge in [-0.05, 0) is 30.7 Å². The molecule has 2 heterocycles. The van der Waals surface area contributed by atoms with E-state index in [0.29, 0.717) is 0 Å². The van der Waals surface area contributed by atoms with E-state index in [1.54, 1.807) is 11.3 Å². The third-order valence-corrected chi connectivity index (χ3v) is 3.67. The fourth-order valence-corrected chi connectivity index (χ4v) is 2.69. The Balaban J connectivity index is 2.05. The Morgan fingerprint density at radius 1 is 1.11 bits per heavy atom. The Bertz CT molecular complexity index is 663. The van der Waals surface area contributed by atoms with Crippen molar-refractivity contribution in [2.45, 2.75) is 6.92 Å². The van der Waals surface area contributed by atoms with Crippen molar-refractivity contribution in [3.8, 4) is 10.4 Å². The molecule has 0 unspecified atom stereocenters. The number of nitrogens with one attached hydrogen (secondary N) is 1. The quantitative estimate of drug-likeness (QED) is 0.770. The molecular weight excluding hydrogens is 254 g/mol. The number of anilines is 2. The molecule has 0 atom stereocenters. The van der Waals surface area contributed by atoms with Gasteiger partial charge in [-0.3, -0.25) is 4.98 Å². The van der Waals surface area contributed by atoms with Crippen LogP contribution >= 0.6 is 11.3 Å². The molecule has 0 aliphatic heterocycles. The summed E-state index contributed by atoms with van der Waals surface area (Å²) in [6, 6.07) is 12.1. The highest BCUT2D eigenvalue weighted by atomic mass is 32.1. The van der Waals surface area contributed by atoms with Crippen molar-refractivity contribution in [3.05, 3.63) is 59.9 Å². The first-order valence-electron chi connectivity index (χ1n) is 6.01. The van der Waals surface area contributed by atoms with E-state index in [0.717, 1.165) is 21.9 Å². The van der Waals surface area contributed by atoms with E-state index >= 15 is 0 Å². The highest BCUT2D eigenvalue weighted by Gasteiger charge is 2.11. The maximum atomic E-state index is 4.46. The van der Waals surface area contributed by atoms with Gasteiger partial charge in [-0.1, -0.05) is 18.2 Å². The van der Waals surface area contributed by atoms with Crippen LogP contribution in [0.15, 0.2) is 54.3 Å². The topological polar surface area (TPSA) is 37.8 Å². The highest BCUT2D eigenvalue weighted by molar-refractivity contribution is 7.13. The van der Waals surface area contributed by atoms with Crippen LogP contribution in [0.25, 0.3) is 10.4 Å². The number of benzene rings is 1. The second-order valence-corrected chi connectivity index (χ2v) is 5.09. The third-order valence-electron chi connectivity index (χ3n) is 2.87. The molecule has 0 spiro atoms. The molecule has 19 heavy (non-hydrogen) atoms. The van der Waals surface area contributed by atoms with Crippen LogP contribution in [0, 0.1) is 6.92 Å². The fourth-order valence-electron chi connectivity index (χ4n) is 1.96. The first-order chi connectivity index (χ1) is 9.34.